The molecule has 17 heteroatoms. The van der Waals surface area contributed by atoms with Gasteiger partial charge in [-0.25, -0.2) is 0 Å². The molecule has 0 saturated carbocycles. The smallest absolute Gasteiger partial charge is 0.866 e. The van der Waals surface area contributed by atoms with Crippen LogP contribution in [-0.2, 0) is 0 Å². The van der Waals surface area contributed by atoms with E-state index >= 15 is 0 Å². The van der Waals surface area contributed by atoms with E-state index in [0.717, 1.165) is 12.1 Å². The Kier molecular flexibility index (Phi) is 8.93. The number of hydrogen-bond donors (Lipinski definition) is 2. The molecule has 16 nitrogen and oxygen atoms in total. The van der Waals surface area contributed by atoms with Gasteiger partial charge >= 0.3 is 37.7 Å². The van der Waals surface area contributed by atoms with Crippen molar-refractivity contribution < 1.29 is 29.9 Å². The van der Waals surface area contributed by atoms with Crippen LogP contribution >= 0.6 is 0 Å². The molecule has 2 aromatic carbocycles. The molecule has 0 bridgehead atoms. The van der Waals surface area contributed by atoms with E-state index in [0.29, 0.717) is 12.1 Å². The molecular weight excluding hydrogens is 428 g/mol. The minimum absolute atomic E-state index is 0. The van der Waals surface area contributed by atoms with Gasteiger partial charge in [-0.1, -0.05) is 0 Å². The average Bonchev–Trinajstić information content (AvgIpc) is 2.59. The van der Waals surface area contributed by atoms with Crippen molar-refractivity contribution in [2.24, 2.45) is 0 Å². The van der Waals surface area contributed by atoms with Gasteiger partial charge in [0.2, 0.25) is 0 Å². The Morgan fingerprint density at radius 3 is 1.07 bits per heavy atom. The molecule has 0 radical (unpaired) electrons. The average molecular weight is 436 g/mol. The van der Waals surface area contributed by atoms with Gasteiger partial charge in [-0.2, -0.15) is 0 Å². The van der Waals surface area contributed by atoms with Crippen molar-refractivity contribution in [1.82, 2.24) is 0 Å². The standard InChI is InChI=1S/2C6H5N3O5.Ca/c2*7-4-1-3(8(11)12)2-5(6(4)10)9(13)14;/h2*1-2,10H,7H2;/q;;+2/p-2. The van der Waals surface area contributed by atoms with E-state index in [9.17, 15) is 50.7 Å². The van der Waals surface area contributed by atoms with Crippen molar-refractivity contribution in [2.45, 2.75) is 0 Å². The van der Waals surface area contributed by atoms with Gasteiger partial charge in [-0.15, -0.1) is 0 Å². The molecule has 0 saturated heterocycles. The molecular formula is C12H8CaN6O10. The number of nitrogen functional groups attached to an aromatic ring is 2. The fourth-order valence-electron chi connectivity index (χ4n) is 1.72. The Bertz CT molecular complexity index is 918. The van der Waals surface area contributed by atoms with Crippen LogP contribution in [0.15, 0.2) is 24.3 Å². The van der Waals surface area contributed by atoms with Crippen LogP contribution in [0.1, 0.15) is 0 Å². The molecule has 0 spiro atoms. The number of nitro groups is 4. The van der Waals surface area contributed by atoms with Crippen LogP contribution in [0, 0.1) is 40.5 Å². The summed E-state index contributed by atoms with van der Waals surface area (Å²) in [4.78, 5) is 37.3. The van der Waals surface area contributed by atoms with Crippen molar-refractivity contribution in [2.75, 3.05) is 11.5 Å². The zero-order chi connectivity index (χ0) is 21.8. The molecule has 0 heterocycles. The largest absolute Gasteiger partial charge is 2.00 e. The summed E-state index contributed by atoms with van der Waals surface area (Å²) in [5, 5.41) is 63.1. The summed E-state index contributed by atoms with van der Waals surface area (Å²) in [5.74, 6) is -2.03. The third-order valence-electron chi connectivity index (χ3n) is 2.98. The van der Waals surface area contributed by atoms with Crippen molar-refractivity contribution in [3.63, 3.8) is 0 Å². The minimum Gasteiger partial charge on any atom is -0.866 e. The normalized spacial score (nSPS) is 9.38. The molecule has 0 aliphatic rings. The van der Waals surface area contributed by atoms with Crippen LogP contribution in [0.2, 0.25) is 0 Å². The fraction of sp³-hybridized carbons (Fsp3) is 0. The molecule has 0 amide bonds. The fourth-order valence-corrected chi connectivity index (χ4v) is 1.72. The number of nitro benzene ring substituents is 4. The van der Waals surface area contributed by atoms with Crippen LogP contribution in [0.5, 0.6) is 11.5 Å². The number of nitrogens with zero attached hydrogens (tertiary/aromatic N) is 4. The Balaban J connectivity index is 0.000000523. The van der Waals surface area contributed by atoms with E-state index < -0.39 is 65.3 Å². The first kappa shape index (κ1) is 25.5. The zero-order valence-corrected chi connectivity index (χ0v) is 16.3. The summed E-state index contributed by atoms with van der Waals surface area (Å²) in [6, 6.07) is 2.74. The summed E-state index contributed by atoms with van der Waals surface area (Å²) in [5.41, 5.74) is 6.20. The van der Waals surface area contributed by atoms with Crippen molar-refractivity contribution >= 4 is 71.9 Å². The number of non-ortho nitro benzene ring substituents is 2. The summed E-state index contributed by atoms with van der Waals surface area (Å²) in [6.45, 7) is 0. The van der Waals surface area contributed by atoms with E-state index in [-0.39, 0.29) is 37.7 Å². The van der Waals surface area contributed by atoms with Crippen LogP contribution in [-0.4, -0.2) is 57.4 Å². The van der Waals surface area contributed by atoms with Gasteiger partial charge < -0.3 is 21.7 Å². The first-order chi connectivity index (χ1) is 12.9. The maximum Gasteiger partial charge on any atom is 2.00 e. The van der Waals surface area contributed by atoms with Crippen LogP contribution in [0.3, 0.4) is 0 Å². The van der Waals surface area contributed by atoms with E-state index in [1.54, 1.807) is 0 Å². The summed E-state index contributed by atoms with van der Waals surface area (Å²) >= 11 is 0. The summed E-state index contributed by atoms with van der Waals surface area (Å²) < 4.78 is 0. The monoisotopic (exact) mass is 436 g/mol. The number of nitrogens with two attached hydrogens (primary N) is 2. The number of anilines is 2. The van der Waals surface area contributed by atoms with E-state index in [2.05, 4.69) is 0 Å². The van der Waals surface area contributed by atoms with E-state index in [1.165, 1.54) is 0 Å². The van der Waals surface area contributed by atoms with Crippen molar-refractivity contribution in [3.05, 3.63) is 64.7 Å². The van der Waals surface area contributed by atoms with Crippen molar-refractivity contribution in [1.29, 1.82) is 0 Å². The second kappa shape index (κ2) is 10.2. The molecule has 2 rings (SSSR count). The molecule has 0 aromatic heterocycles. The molecule has 0 unspecified atom stereocenters. The molecule has 0 atom stereocenters. The van der Waals surface area contributed by atoms with Gasteiger partial charge in [0.25, 0.3) is 22.7 Å². The van der Waals surface area contributed by atoms with E-state index in [1.807, 2.05) is 0 Å². The van der Waals surface area contributed by atoms with Gasteiger partial charge in [-0.05, 0) is 11.5 Å². The Labute approximate surface area is 188 Å². The van der Waals surface area contributed by atoms with Crippen LogP contribution in [0.4, 0.5) is 34.1 Å². The minimum atomic E-state index is -1.01. The number of hydrogen-bond acceptors (Lipinski definition) is 12. The Morgan fingerprint density at radius 2 is 0.862 bits per heavy atom. The molecule has 2 aromatic rings. The Morgan fingerprint density at radius 1 is 0.586 bits per heavy atom. The maximum atomic E-state index is 11.0. The van der Waals surface area contributed by atoms with Crippen LogP contribution in [0.25, 0.3) is 0 Å². The third-order valence-corrected chi connectivity index (χ3v) is 2.98. The van der Waals surface area contributed by atoms with Gasteiger partial charge in [0, 0.05) is 23.5 Å². The second-order valence-corrected chi connectivity index (χ2v) is 4.79. The number of rotatable bonds is 4. The molecule has 0 aliphatic carbocycles. The van der Waals surface area contributed by atoms with Crippen LogP contribution < -0.4 is 21.7 Å². The van der Waals surface area contributed by atoms with E-state index in [4.69, 9.17) is 11.5 Å². The molecule has 4 N–H and O–H groups in total. The second-order valence-electron chi connectivity index (χ2n) is 4.79. The maximum absolute atomic E-state index is 11.0. The predicted octanol–water partition coefficient (Wildman–Crippen LogP) is -0.0632. The predicted molar refractivity (Wildman–Crippen MR) is 93.0 cm³/mol. The first-order valence-electron chi connectivity index (χ1n) is 6.65. The van der Waals surface area contributed by atoms with Gasteiger partial charge in [0.05, 0.1) is 31.8 Å². The topological polar surface area (TPSA) is 271 Å². The van der Waals surface area contributed by atoms with Gasteiger partial charge in [0.15, 0.2) is 0 Å². The first-order valence-corrected chi connectivity index (χ1v) is 6.65. The zero-order valence-electron chi connectivity index (χ0n) is 14.0. The quantitative estimate of drug-likeness (QED) is 0.276. The SMILES string of the molecule is Nc1cc([N+](=O)[O-])cc([N+](=O)[O-])c1[O-].Nc1cc([N+](=O)[O-])cc([N+](=O)[O-])c1[O-].[Ca+2]. The van der Waals surface area contributed by atoms with Crippen molar-refractivity contribution in [3.8, 4) is 11.5 Å². The molecule has 29 heavy (non-hydrogen) atoms. The van der Waals surface area contributed by atoms with Gasteiger partial charge in [0.1, 0.15) is 0 Å². The van der Waals surface area contributed by atoms with Gasteiger partial charge in [-0.3, -0.25) is 40.5 Å². The summed E-state index contributed by atoms with van der Waals surface area (Å²) in [6.07, 6.45) is 0. The summed E-state index contributed by atoms with van der Waals surface area (Å²) in [7, 11) is 0. The number of benzene rings is 2. The third kappa shape index (κ3) is 6.26. The Hall–Kier alpha value is -3.50. The molecule has 148 valence electrons. The molecule has 0 aliphatic heterocycles. The molecule has 0 fully saturated rings.